The molecule has 3 rings (SSSR count). The van der Waals surface area contributed by atoms with Crippen LogP contribution in [0.25, 0.3) is 5.65 Å². The zero-order valence-electron chi connectivity index (χ0n) is 13.7. The molecule has 0 aliphatic rings. The Kier molecular flexibility index (Phi) is 4.74. The van der Waals surface area contributed by atoms with Crippen LogP contribution in [0, 0.1) is 6.92 Å². The number of fused-ring (bicyclic) bond motifs is 1. The third kappa shape index (κ3) is 3.28. The van der Waals surface area contributed by atoms with E-state index in [1.54, 1.807) is 0 Å². The standard InChI is InChI=1S/C19H23N3O/c1-15-18(22-12-7-6-10-19(22)20-15)14-21(2)17(11-13-23)16-8-4-3-5-9-16/h3-10,12,17,23H,11,13-14H2,1-2H3. The molecule has 1 aromatic carbocycles. The normalized spacial score (nSPS) is 12.9. The lowest BCUT2D eigenvalue weighted by Gasteiger charge is -2.28. The fourth-order valence-electron chi connectivity index (χ4n) is 3.14. The van der Waals surface area contributed by atoms with Crippen LogP contribution >= 0.6 is 0 Å². The predicted octanol–water partition coefficient (Wildman–Crippen LogP) is 3.20. The summed E-state index contributed by atoms with van der Waals surface area (Å²) in [5, 5.41) is 9.46. The zero-order chi connectivity index (χ0) is 16.2. The number of pyridine rings is 1. The number of imidazole rings is 1. The van der Waals surface area contributed by atoms with Gasteiger partial charge in [-0.1, -0.05) is 36.4 Å². The van der Waals surface area contributed by atoms with E-state index in [4.69, 9.17) is 0 Å². The number of aliphatic hydroxyl groups excluding tert-OH is 1. The molecule has 0 radical (unpaired) electrons. The van der Waals surface area contributed by atoms with Gasteiger partial charge in [0, 0.05) is 25.4 Å². The summed E-state index contributed by atoms with van der Waals surface area (Å²) < 4.78 is 2.15. The van der Waals surface area contributed by atoms with Crippen LogP contribution in [0.15, 0.2) is 54.7 Å². The Morgan fingerprint density at radius 2 is 1.87 bits per heavy atom. The molecule has 0 spiro atoms. The fourth-order valence-corrected chi connectivity index (χ4v) is 3.14. The van der Waals surface area contributed by atoms with Gasteiger partial charge >= 0.3 is 0 Å². The van der Waals surface area contributed by atoms with Gasteiger partial charge in [-0.2, -0.15) is 0 Å². The summed E-state index contributed by atoms with van der Waals surface area (Å²) in [4.78, 5) is 6.92. The molecule has 0 aliphatic carbocycles. The van der Waals surface area contributed by atoms with Gasteiger partial charge in [0.25, 0.3) is 0 Å². The maximum atomic E-state index is 9.46. The number of hydrogen-bond donors (Lipinski definition) is 1. The largest absolute Gasteiger partial charge is 0.396 e. The first kappa shape index (κ1) is 15.7. The molecule has 4 heteroatoms. The number of benzene rings is 1. The number of aryl methyl sites for hydroxylation is 1. The minimum Gasteiger partial charge on any atom is -0.396 e. The molecule has 0 saturated heterocycles. The zero-order valence-corrected chi connectivity index (χ0v) is 13.7. The molecule has 0 saturated carbocycles. The molecule has 4 nitrogen and oxygen atoms in total. The highest BCUT2D eigenvalue weighted by Gasteiger charge is 2.19. The van der Waals surface area contributed by atoms with Gasteiger partial charge in [0.2, 0.25) is 0 Å². The minimum absolute atomic E-state index is 0.177. The second kappa shape index (κ2) is 6.94. The number of aliphatic hydroxyl groups is 1. The van der Waals surface area contributed by atoms with E-state index in [2.05, 4.69) is 46.6 Å². The molecule has 120 valence electrons. The van der Waals surface area contributed by atoms with Crippen LogP contribution in [0.1, 0.15) is 29.4 Å². The SMILES string of the molecule is Cc1nc2ccccn2c1CN(C)C(CCO)c1ccccc1. The topological polar surface area (TPSA) is 40.8 Å². The summed E-state index contributed by atoms with van der Waals surface area (Å²) in [6.07, 6.45) is 2.78. The van der Waals surface area contributed by atoms with E-state index in [1.165, 1.54) is 11.3 Å². The molecule has 2 aromatic heterocycles. The van der Waals surface area contributed by atoms with Crippen molar-refractivity contribution in [2.45, 2.75) is 25.9 Å². The summed E-state index contributed by atoms with van der Waals surface area (Å²) in [6.45, 7) is 3.02. The molecule has 0 amide bonds. The highest BCUT2D eigenvalue weighted by atomic mass is 16.3. The van der Waals surface area contributed by atoms with Crippen molar-refractivity contribution in [1.29, 1.82) is 0 Å². The van der Waals surface area contributed by atoms with Crippen LogP contribution < -0.4 is 0 Å². The van der Waals surface area contributed by atoms with Crippen LogP contribution in [-0.4, -0.2) is 33.0 Å². The summed E-state index contributed by atoms with van der Waals surface area (Å²) in [5.74, 6) is 0. The quantitative estimate of drug-likeness (QED) is 0.760. The predicted molar refractivity (Wildman–Crippen MR) is 92.3 cm³/mol. The fraction of sp³-hybridized carbons (Fsp3) is 0.316. The summed E-state index contributed by atoms with van der Waals surface area (Å²) in [5.41, 5.74) is 4.46. The van der Waals surface area contributed by atoms with Crippen molar-refractivity contribution in [3.05, 3.63) is 71.7 Å². The van der Waals surface area contributed by atoms with Gasteiger partial charge in [0.15, 0.2) is 0 Å². The van der Waals surface area contributed by atoms with Crippen LogP contribution in [0.5, 0.6) is 0 Å². The van der Waals surface area contributed by atoms with Gasteiger partial charge in [-0.3, -0.25) is 4.90 Å². The van der Waals surface area contributed by atoms with E-state index in [9.17, 15) is 5.11 Å². The lowest BCUT2D eigenvalue weighted by atomic mass is 10.0. The first-order valence-electron chi connectivity index (χ1n) is 7.99. The Balaban J connectivity index is 1.89. The van der Waals surface area contributed by atoms with E-state index in [0.29, 0.717) is 0 Å². The molecule has 1 atom stereocenters. The minimum atomic E-state index is 0.177. The first-order chi connectivity index (χ1) is 11.2. The van der Waals surface area contributed by atoms with Gasteiger partial charge < -0.3 is 9.51 Å². The number of aromatic nitrogens is 2. The van der Waals surface area contributed by atoms with Crippen molar-refractivity contribution in [2.75, 3.05) is 13.7 Å². The van der Waals surface area contributed by atoms with Crippen LogP contribution in [-0.2, 0) is 6.54 Å². The average Bonchev–Trinajstić information content (AvgIpc) is 2.89. The van der Waals surface area contributed by atoms with Crippen LogP contribution in [0.2, 0.25) is 0 Å². The lowest BCUT2D eigenvalue weighted by molar-refractivity contribution is 0.178. The monoisotopic (exact) mass is 309 g/mol. The third-order valence-electron chi connectivity index (χ3n) is 4.35. The highest BCUT2D eigenvalue weighted by molar-refractivity contribution is 5.42. The van der Waals surface area contributed by atoms with Crippen molar-refractivity contribution in [2.24, 2.45) is 0 Å². The van der Waals surface area contributed by atoms with Gasteiger partial charge in [0.1, 0.15) is 5.65 Å². The van der Waals surface area contributed by atoms with Crippen molar-refractivity contribution in [3.8, 4) is 0 Å². The van der Waals surface area contributed by atoms with E-state index in [1.807, 2.05) is 36.4 Å². The van der Waals surface area contributed by atoms with E-state index < -0.39 is 0 Å². The molecule has 0 aliphatic heterocycles. The van der Waals surface area contributed by atoms with Gasteiger partial charge in [0.05, 0.1) is 11.4 Å². The maximum absolute atomic E-state index is 9.46. The number of rotatable bonds is 6. The number of hydrogen-bond acceptors (Lipinski definition) is 3. The van der Waals surface area contributed by atoms with Crippen molar-refractivity contribution < 1.29 is 5.11 Å². The molecular formula is C19H23N3O. The van der Waals surface area contributed by atoms with Crippen LogP contribution in [0.4, 0.5) is 0 Å². The Morgan fingerprint density at radius 1 is 1.13 bits per heavy atom. The number of nitrogens with zero attached hydrogens (tertiary/aromatic N) is 3. The van der Waals surface area contributed by atoms with Gasteiger partial charge in [-0.15, -0.1) is 0 Å². The van der Waals surface area contributed by atoms with Crippen molar-refractivity contribution in [1.82, 2.24) is 14.3 Å². The second-order valence-electron chi connectivity index (χ2n) is 5.93. The maximum Gasteiger partial charge on any atom is 0.137 e. The molecule has 0 bridgehead atoms. The first-order valence-corrected chi connectivity index (χ1v) is 7.99. The smallest absolute Gasteiger partial charge is 0.137 e. The molecule has 23 heavy (non-hydrogen) atoms. The summed E-state index contributed by atoms with van der Waals surface area (Å²) in [6, 6.07) is 16.6. The average molecular weight is 309 g/mol. The summed E-state index contributed by atoms with van der Waals surface area (Å²) >= 11 is 0. The van der Waals surface area contributed by atoms with Crippen LogP contribution in [0.3, 0.4) is 0 Å². The van der Waals surface area contributed by atoms with Gasteiger partial charge in [-0.05, 0) is 38.1 Å². The molecule has 3 aromatic rings. The summed E-state index contributed by atoms with van der Waals surface area (Å²) in [7, 11) is 2.11. The Hall–Kier alpha value is -2.17. The van der Waals surface area contributed by atoms with Crippen molar-refractivity contribution in [3.63, 3.8) is 0 Å². The molecular weight excluding hydrogens is 286 g/mol. The van der Waals surface area contributed by atoms with E-state index in [0.717, 1.165) is 24.3 Å². The second-order valence-corrected chi connectivity index (χ2v) is 5.93. The highest BCUT2D eigenvalue weighted by Crippen LogP contribution is 2.25. The Labute approximate surface area is 137 Å². The molecule has 2 heterocycles. The van der Waals surface area contributed by atoms with E-state index in [-0.39, 0.29) is 12.6 Å². The molecule has 0 fully saturated rings. The van der Waals surface area contributed by atoms with Crippen molar-refractivity contribution >= 4 is 5.65 Å². The van der Waals surface area contributed by atoms with Gasteiger partial charge in [-0.25, -0.2) is 4.98 Å². The Bertz CT molecular complexity index is 767. The molecule has 1 N–H and O–H groups in total. The lowest BCUT2D eigenvalue weighted by Crippen LogP contribution is -2.26. The third-order valence-corrected chi connectivity index (χ3v) is 4.35. The molecule has 1 unspecified atom stereocenters. The van der Waals surface area contributed by atoms with E-state index >= 15 is 0 Å². The Morgan fingerprint density at radius 3 is 2.61 bits per heavy atom.